The molecule has 0 atom stereocenters. The number of para-hydroxylation sites is 1. The van der Waals surface area contributed by atoms with Gasteiger partial charge in [-0.2, -0.15) is 18.2 Å². The summed E-state index contributed by atoms with van der Waals surface area (Å²) in [6, 6.07) is 3.36. The van der Waals surface area contributed by atoms with Gasteiger partial charge >= 0.3 is 6.18 Å². The van der Waals surface area contributed by atoms with Gasteiger partial charge in [0.25, 0.3) is 5.91 Å². The van der Waals surface area contributed by atoms with Crippen molar-refractivity contribution in [2.75, 3.05) is 0 Å². The van der Waals surface area contributed by atoms with Gasteiger partial charge in [-0.1, -0.05) is 19.4 Å². The first-order valence-corrected chi connectivity index (χ1v) is 11.7. The quantitative estimate of drug-likeness (QED) is 0.420. The van der Waals surface area contributed by atoms with Gasteiger partial charge in [0, 0.05) is 29.7 Å². The lowest BCUT2D eigenvalue weighted by molar-refractivity contribution is -0.139. The molecule has 10 heteroatoms. The van der Waals surface area contributed by atoms with E-state index in [4.69, 9.17) is 4.74 Å². The fourth-order valence-electron chi connectivity index (χ4n) is 3.12. The van der Waals surface area contributed by atoms with Gasteiger partial charge in [0.2, 0.25) is 0 Å². The predicted molar refractivity (Wildman–Crippen MR) is 124 cm³/mol. The third kappa shape index (κ3) is 6.31. The Balaban J connectivity index is 2.06. The topological polar surface area (TPSA) is 69.4 Å². The van der Waals surface area contributed by atoms with Crippen molar-refractivity contribution < 1.29 is 22.7 Å². The number of benzene rings is 1. The van der Waals surface area contributed by atoms with Crippen LogP contribution in [0.15, 0.2) is 48.0 Å². The molecule has 1 aromatic carbocycles. The average Bonchev–Trinajstić information content (AvgIpc) is 3.19. The van der Waals surface area contributed by atoms with Crippen LogP contribution in [0.4, 0.5) is 13.2 Å². The SMILES string of the molecule is CCCCc1cn(C(C)(C)C)sc1=NC(=O)c1cccc(C(F)(F)F)c1OCc1cnccn1. The van der Waals surface area contributed by atoms with Crippen LogP contribution in [0.1, 0.15) is 67.7 Å². The van der Waals surface area contributed by atoms with Gasteiger partial charge in [-0.25, -0.2) is 0 Å². The summed E-state index contributed by atoms with van der Waals surface area (Å²) < 4.78 is 49.2. The van der Waals surface area contributed by atoms with Gasteiger partial charge < -0.3 is 4.74 Å². The van der Waals surface area contributed by atoms with Gasteiger partial charge in [0.15, 0.2) is 0 Å². The molecule has 34 heavy (non-hydrogen) atoms. The normalized spacial score (nSPS) is 12.7. The van der Waals surface area contributed by atoms with Crippen LogP contribution < -0.4 is 9.41 Å². The second-order valence-corrected chi connectivity index (χ2v) is 9.70. The molecule has 182 valence electrons. The van der Waals surface area contributed by atoms with Crippen LogP contribution in [0.5, 0.6) is 5.75 Å². The minimum absolute atomic E-state index is 0.219. The number of halogens is 3. The molecule has 0 radical (unpaired) electrons. The maximum atomic E-state index is 13.7. The zero-order valence-corrected chi connectivity index (χ0v) is 20.3. The van der Waals surface area contributed by atoms with E-state index in [0.717, 1.165) is 30.9 Å². The fraction of sp³-hybridized carbons (Fsp3) is 0.417. The summed E-state index contributed by atoms with van der Waals surface area (Å²) in [5.74, 6) is -1.36. The molecule has 2 heterocycles. The lowest BCUT2D eigenvalue weighted by Gasteiger charge is -2.19. The summed E-state index contributed by atoms with van der Waals surface area (Å²) in [4.78, 5) is 25.3. The summed E-state index contributed by atoms with van der Waals surface area (Å²) >= 11 is 1.31. The number of hydrogen-bond acceptors (Lipinski definition) is 5. The Morgan fingerprint density at radius 3 is 2.59 bits per heavy atom. The summed E-state index contributed by atoms with van der Waals surface area (Å²) in [6.45, 7) is 7.89. The highest BCUT2D eigenvalue weighted by Gasteiger charge is 2.36. The highest BCUT2D eigenvalue weighted by atomic mass is 32.1. The number of nitrogens with zero attached hydrogens (tertiary/aromatic N) is 4. The molecule has 1 amide bonds. The zero-order valence-electron chi connectivity index (χ0n) is 19.5. The van der Waals surface area contributed by atoms with Crippen molar-refractivity contribution in [2.24, 2.45) is 4.99 Å². The van der Waals surface area contributed by atoms with E-state index in [1.54, 1.807) is 0 Å². The Bertz CT molecular complexity index is 1200. The molecule has 0 saturated heterocycles. The van der Waals surface area contributed by atoms with Crippen molar-refractivity contribution >= 4 is 17.4 Å². The lowest BCUT2D eigenvalue weighted by atomic mass is 10.1. The summed E-state index contributed by atoms with van der Waals surface area (Å²) in [5.41, 5.74) is -0.287. The number of unbranched alkanes of at least 4 members (excludes halogenated alkanes) is 1. The Kier molecular flexibility index (Phi) is 7.91. The first-order chi connectivity index (χ1) is 16.0. The van der Waals surface area contributed by atoms with E-state index in [1.165, 1.54) is 42.3 Å². The average molecular weight is 493 g/mol. The number of rotatable bonds is 7. The van der Waals surface area contributed by atoms with E-state index in [1.807, 2.05) is 30.9 Å². The molecular weight excluding hydrogens is 465 g/mol. The molecule has 0 aliphatic heterocycles. The van der Waals surface area contributed by atoms with Crippen LogP contribution in [0.2, 0.25) is 0 Å². The Labute approximate surface area is 200 Å². The number of carbonyl (C=O) groups is 1. The minimum Gasteiger partial charge on any atom is -0.486 e. The molecule has 3 rings (SSSR count). The number of aryl methyl sites for hydroxylation is 1. The molecule has 2 aromatic heterocycles. The maximum absolute atomic E-state index is 13.7. The monoisotopic (exact) mass is 492 g/mol. The number of hydrogen-bond donors (Lipinski definition) is 0. The van der Waals surface area contributed by atoms with Crippen molar-refractivity contribution in [3.8, 4) is 5.75 Å². The van der Waals surface area contributed by atoms with Crippen LogP contribution in [0.25, 0.3) is 0 Å². The number of carbonyl (C=O) groups excluding carboxylic acids is 1. The fourth-order valence-corrected chi connectivity index (χ4v) is 4.16. The Morgan fingerprint density at radius 2 is 1.97 bits per heavy atom. The third-order valence-electron chi connectivity index (χ3n) is 4.93. The zero-order chi connectivity index (χ0) is 24.9. The van der Waals surface area contributed by atoms with Crippen LogP contribution in [0, 0.1) is 0 Å². The molecule has 0 aliphatic carbocycles. The van der Waals surface area contributed by atoms with Crippen LogP contribution in [-0.4, -0.2) is 19.8 Å². The Hall–Kier alpha value is -3.01. The van der Waals surface area contributed by atoms with Crippen molar-refractivity contribution in [1.29, 1.82) is 0 Å². The molecule has 0 spiro atoms. The van der Waals surface area contributed by atoms with Crippen LogP contribution >= 0.6 is 11.5 Å². The first-order valence-electron chi connectivity index (χ1n) is 10.9. The molecule has 0 aliphatic rings. The van der Waals surface area contributed by atoms with Crippen molar-refractivity contribution in [2.45, 2.75) is 65.3 Å². The Morgan fingerprint density at radius 1 is 1.21 bits per heavy atom. The summed E-state index contributed by atoms with van der Waals surface area (Å²) in [7, 11) is 0. The molecule has 0 fully saturated rings. The van der Waals surface area contributed by atoms with Gasteiger partial charge in [-0.05, 0) is 57.3 Å². The summed E-state index contributed by atoms with van der Waals surface area (Å²) in [5, 5.41) is 0. The van der Waals surface area contributed by atoms with E-state index in [9.17, 15) is 18.0 Å². The van der Waals surface area contributed by atoms with Crippen LogP contribution in [-0.2, 0) is 24.7 Å². The summed E-state index contributed by atoms with van der Waals surface area (Å²) in [6.07, 6.45) is 4.10. The number of aromatic nitrogens is 3. The van der Waals surface area contributed by atoms with Gasteiger partial charge in [-0.15, -0.1) is 0 Å². The van der Waals surface area contributed by atoms with E-state index in [-0.39, 0.29) is 17.7 Å². The van der Waals surface area contributed by atoms with Crippen LogP contribution in [0.3, 0.4) is 0 Å². The number of amides is 1. The number of ether oxygens (including phenoxy) is 1. The second kappa shape index (κ2) is 10.5. The molecule has 0 unspecified atom stereocenters. The number of alkyl halides is 3. The predicted octanol–water partition coefficient (Wildman–Crippen LogP) is 5.78. The molecule has 6 nitrogen and oxygen atoms in total. The maximum Gasteiger partial charge on any atom is 0.419 e. The highest BCUT2D eigenvalue weighted by molar-refractivity contribution is 7.04. The van der Waals surface area contributed by atoms with Crippen molar-refractivity contribution in [1.82, 2.24) is 13.9 Å². The van der Waals surface area contributed by atoms with Gasteiger partial charge in [0.1, 0.15) is 17.0 Å². The molecular formula is C24H27F3N4O2S. The molecule has 0 bridgehead atoms. The second-order valence-electron chi connectivity index (χ2n) is 8.73. The first kappa shape index (κ1) is 25.6. The molecule has 0 saturated carbocycles. The molecule has 0 N–H and O–H groups in total. The molecule has 3 aromatic rings. The van der Waals surface area contributed by atoms with Gasteiger partial charge in [-0.3, -0.25) is 18.7 Å². The van der Waals surface area contributed by atoms with E-state index in [0.29, 0.717) is 10.4 Å². The van der Waals surface area contributed by atoms with E-state index in [2.05, 4.69) is 21.9 Å². The van der Waals surface area contributed by atoms with E-state index < -0.39 is 23.4 Å². The third-order valence-corrected chi connectivity index (χ3v) is 6.30. The van der Waals surface area contributed by atoms with E-state index >= 15 is 0 Å². The standard InChI is InChI=1S/C24H27F3N4O2S/c1-5-6-8-16-14-31(23(2,3)4)34-22(16)30-21(32)18-9-7-10-19(24(25,26)27)20(18)33-15-17-13-28-11-12-29-17/h7,9-14H,5-6,8,15H2,1-4H3. The smallest absolute Gasteiger partial charge is 0.419 e. The van der Waals surface area contributed by atoms with Gasteiger partial charge in [0.05, 0.1) is 23.0 Å². The largest absolute Gasteiger partial charge is 0.486 e. The lowest BCUT2D eigenvalue weighted by Crippen LogP contribution is -2.18. The van der Waals surface area contributed by atoms with Crippen molar-refractivity contribution in [3.63, 3.8) is 0 Å². The van der Waals surface area contributed by atoms with Crippen molar-refractivity contribution in [3.05, 3.63) is 70.0 Å². The highest BCUT2D eigenvalue weighted by Crippen LogP contribution is 2.38. The minimum atomic E-state index is -4.71.